The quantitative estimate of drug-likeness (QED) is 0.173. The van der Waals surface area contributed by atoms with Crippen LogP contribution in [0.5, 0.6) is 0 Å². The zero-order chi connectivity index (χ0) is 35.8. The summed E-state index contributed by atoms with van der Waals surface area (Å²) in [5.74, 6) is -4.17. The van der Waals surface area contributed by atoms with Gasteiger partial charge in [-0.25, -0.2) is 9.59 Å². The summed E-state index contributed by atoms with van der Waals surface area (Å²) in [4.78, 5) is 63.7. The minimum Gasteiger partial charge on any atom is -0.481 e. The van der Waals surface area contributed by atoms with Crippen molar-refractivity contribution in [3.63, 3.8) is 0 Å². The van der Waals surface area contributed by atoms with Gasteiger partial charge in [-0.3, -0.25) is 14.4 Å². The number of carbonyl (C=O) groups excluding carboxylic acids is 3. The average Bonchev–Trinajstić information content (AvgIpc) is 3.34. The number of anilines is 1. The number of hydrogen-bond acceptors (Lipinski definition) is 5. The Labute approximate surface area is 290 Å². The van der Waals surface area contributed by atoms with Crippen molar-refractivity contribution in [2.45, 2.75) is 90.8 Å². The monoisotopic (exact) mass is 702 g/mol. The lowest BCUT2D eigenvalue weighted by molar-refractivity contribution is -0.145. The molecule has 0 aromatic heterocycles. The lowest BCUT2D eigenvalue weighted by atomic mass is 9.70. The van der Waals surface area contributed by atoms with E-state index in [2.05, 4.69) is 21.3 Å². The van der Waals surface area contributed by atoms with E-state index >= 15 is 0 Å². The first-order valence-corrected chi connectivity index (χ1v) is 16.7. The molecule has 2 aliphatic rings. The van der Waals surface area contributed by atoms with Crippen molar-refractivity contribution in [3.8, 4) is 0 Å². The first kappa shape index (κ1) is 37.0. The van der Waals surface area contributed by atoms with Crippen LogP contribution in [0.3, 0.4) is 0 Å². The van der Waals surface area contributed by atoms with Crippen LogP contribution in [0, 0.1) is 22.7 Å². The smallest absolute Gasteiger partial charge is 0.326 e. The van der Waals surface area contributed by atoms with E-state index in [1.54, 1.807) is 42.5 Å². The maximum absolute atomic E-state index is 13.6. The minimum absolute atomic E-state index is 0.00240. The van der Waals surface area contributed by atoms with Gasteiger partial charge in [0.25, 0.3) is 5.91 Å². The fourth-order valence-corrected chi connectivity index (χ4v) is 7.78. The highest BCUT2D eigenvalue weighted by atomic mass is 35.5. The molecule has 0 bridgehead atoms. The van der Waals surface area contributed by atoms with Gasteiger partial charge in [-0.1, -0.05) is 69.1 Å². The van der Waals surface area contributed by atoms with Crippen molar-refractivity contribution in [1.29, 1.82) is 0 Å². The van der Waals surface area contributed by atoms with Gasteiger partial charge in [0.2, 0.25) is 5.91 Å². The summed E-state index contributed by atoms with van der Waals surface area (Å²) in [5.41, 5.74) is -1.78. The first-order chi connectivity index (χ1) is 22.2. The third-order valence-corrected chi connectivity index (χ3v) is 11.9. The van der Waals surface area contributed by atoms with Crippen LogP contribution in [-0.2, 0) is 20.8 Å². The number of carbonyl (C=O) groups is 5. The number of benzene rings is 2. The molecule has 4 rings (SSSR count). The van der Waals surface area contributed by atoms with Crippen LogP contribution >= 0.6 is 23.2 Å². The largest absolute Gasteiger partial charge is 0.481 e. The molecule has 0 saturated heterocycles. The zero-order valence-corrected chi connectivity index (χ0v) is 29.5. The molecule has 2 aliphatic carbocycles. The third kappa shape index (κ3) is 7.12. The van der Waals surface area contributed by atoms with Gasteiger partial charge in [-0.05, 0) is 74.8 Å². The summed E-state index contributed by atoms with van der Waals surface area (Å²) < 4.78 is 0. The molecule has 0 heterocycles. The number of hydrogen-bond donors (Lipinski definition) is 6. The number of carboxylic acid groups (broad SMARTS) is 2. The highest BCUT2D eigenvalue weighted by molar-refractivity contribution is 6.40. The normalized spacial score (nSPS) is 26.2. The van der Waals surface area contributed by atoms with Gasteiger partial charge in [0, 0.05) is 34.5 Å². The molecule has 260 valence electrons. The van der Waals surface area contributed by atoms with E-state index in [9.17, 15) is 34.2 Å². The van der Waals surface area contributed by atoms with E-state index in [1.165, 1.54) is 0 Å². The summed E-state index contributed by atoms with van der Waals surface area (Å²) in [6.07, 6.45) is 1.88. The molecule has 4 amide bonds. The molecule has 0 aliphatic heterocycles. The van der Waals surface area contributed by atoms with Crippen LogP contribution in [0.2, 0.25) is 10.0 Å². The molecular formula is C35H44Cl2N4O7. The van der Waals surface area contributed by atoms with E-state index in [0.29, 0.717) is 36.9 Å². The third-order valence-electron chi connectivity index (χ3n) is 11.3. The Morgan fingerprint density at radius 1 is 0.792 bits per heavy atom. The van der Waals surface area contributed by atoms with Gasteiger partial charge in [0.1, 0.15) is 6.04 Å². The van der Waals surface area contributed by atoms with E-state index in [4.69, 9.17) is 23.2 Å². The Morgan fingerprint density at radius 2 is 1.29 bits per heavy atom. The lowest BCUT2D eigenvalue weighted by Crippen LogP contribution is -2.63. The highest BCUT2D eigenvalue weighted by Crippen LogP contribution is 2.52. The number of rotatable bonds is 10. The highest BCUT2D eigenvalue weighted by Gasteiger charge is 2.58. The summed E-state index contributed by atoms with van der Waals surface area (Å²) in [5, 5.41) is 31.6. The number of carboxylic acids is 2. The fraction of sp³-hybridized carbons (Fsp3) is 0.514. The molecule has 2 aromatic carbocycles. The summed E-state index contributed by atoms with van der Waals surface area (Å²) in [6, 6.07) is 9.66. The Hall–Kier alpha value is -3.83. The molecule has 13 heteroatoms. The average molecular weight is 704 g/mol. The molecule has 0 spiro atoms. The van der Waals surface area contributed by atoms with Gasteiger partial charge in [-0.15, -0.1) is 0 Å². The Bertz CT molecular complexity index is 1590. The molecule has 2 aromatic rings. The van der Waals surface area contributed by atoms with Crippen LogP contribution in [-0.4, -0.2) is 57.1 Å². The SMILES string of the molecule is CC1(NC(=O)N[C@@]2(C)CC[C@H](C(=O)NC(Cc3ccc(NC(=O)c4c(Cl)cccc4Cl)cc3)C(=O)O)C2(C)C)CCC(C(=O)O)C1(C)C. The molecule has 0 radical (unpaired) electrons. The maximum Gasteiger partial charge on any atom is 0.326 e. The molecule has 48 heavy (non-hydrogen) atoms. The lowest BCUT2D eigenvalue weighted by Gasteiger charge is -2.45. The molecule has 2 saturated carbocycles. The van der Waals surface area contributed by atoms with Gasteiger partial charge < -0.3 is 31.5 Å². The summed E-state index contributed by atoms with van der Waals surface area (Å²) in [7, 11) is 0. The van der Waals surface area contributed by atoms with Crippen molar-refractivity contribution < 1.29 is 34.2 Å². The maximum atomic E-state index is 13.6. The predicted octanol–water partition coefficient (Wildman–Crippen LogP) is 6.13. The number of halogens is 2. The van der Waals surface area contributed by atoms with Crippen molar-refractivity contribution in [2.75, 3.05) is 5.32 Å². The van der Waals surface area contributed by atoms with Crippen LogP contribution in [0.1, 0.15) is 83.1 Å². The standard InChI is InChI=1S/C35H44Cl2N4O7/c1-32(2)21(14-16-34(32,5)40-31(48)41-35(6)17-15-22(29(44)45)33(35,3)4)27(42)39-25(30(46)47)18-19-10-12-20(13-11-19)38-28(43)26-23(36)8-7-9-24(26)37/h7-13,21-22,25H,14-18H2,1-6H3,(H,38,43)(H,39,42)(H,44,45)(H,46,47)(H2,40,41,48)/t21-,22?,25?,34+,35?/m1/s1. The molecule has 6 N–H and O–H groups in total. The second-order valence-electron chi connectivity index (χ2n) is 14.6. The molecule has 11 nitrogen and oxygen atoms in total. The van der Waals surface area contributed by atoms with Gasteiger partial charge in [0.05, 0.1) is 21.5 Å². The van der Waals surface area contributed by atoms with Crippen molar-refractivity contribution in [1.82, 2.24) is 16.0 Å². The molecular weight excluding hydrogens is 659 g/mol. The Kier molecular flexibility index (Phi) is 10.5. The van der Waals surface area contributed by atoms with Crippen LogP contribution in [0.4, 0.5) is 10.5 Å². The number of nitrogens with one attached hydrogen (secondary N) is 4. The number of urea groups is 1. The second-order valence-corrected chi connectivity index (χ2v) is 15.4. The van der Waals surface area contributed by atoms with Crippen molar-refractivity contribution in [2.24, 2.45) is 22.7 Å². The number of aliphatic carboxylic acids is 2. The summed E-state index contributed by atoms with van der Waals surface area (Å²) >= 11 is 12.3. The molecule has 3 unspecified atom stereocenters. The summed E-state index contributed by atoms with van der Waals surface area (Å²) in [6.45, 7) is 11.2. The van der Waals surface area contributed by atoms with Crippen LogP contribution in [0.15, 0.2) is 42.5 Å². The van der Waals surface area contributed by atoms with Gasteiger partial charge in [-0.2, -0.15) is 0 Å². The van der Waals surface area contributed by atoms with E-state index in [0.717, 1.165) is 0 Å². The van der Waals surface area contributed by atoms with Gasteiger partial charge >= 0.3 is 18.0 Å². The topological polar surface area (TPSA) is 174 Å². The van der Waals surface area contributed by atoms with Crippen molar-refractivity contribution in [3.05, 3.63) is 63.6 Å². The van der Waals surface area contributed by atoms with E-state index < -0.39 is 69.6 Å². The van der Waals surface area contributed by atoms with Crippen LogP contribution < -0.4 is 21.3 Å². The predicted molar refractivity (Wildman–Crippen MR) is 183 cm³/mol. The minimum atomic E-state index is -1.22. The van der Waals surface area contributed by atoms with Crippen molar-refractivity contribution >= 4 is 58.7 Å². The number of amides is 4. The zero-order valence-electron chi connectivity index (χ0n) is 28.0. The van der Waals surface area contributed by atoms with E-state index in [-0.39, 0.29) is 22.0 Å². The van der Waals surface area contributed by atoms with E-state index in [1.807, 2.05) is 41.5 Å². The molecule has 5 atom stereocenters. The Morgan fingerprint density at radius 3 is 1.77 bits per heavy atom. The first-order valence-electron chi connectivity index (χ1n) is 15.9. The second kappa shape index (κ2) is 13.6. The Balaban J connectivity index is 1.38. The van der Waals surface area contributed by atoms with Gasteiger partial charge in [0.15, 0.2) is 0 Å². The fourth-order valence-electron chi connectivity index (χ4n) is 7.21. The van der Waals surface area contributed by atoms with Crippen LogP contribution in [0.25, 0.3) is 0 Å². The molecule has 2 fully saturated rings.